The summed E-state index contributed by atoms with van der Waals surface area (Å²) < 4.78 is 7.00. The molecule has 70 valence electrons. The molecule has 0 radical (unpaired) electrons. The van der Waals surface area contributed by atoms with Crippen LogP contribution in [-0.4, -0.2) is 22.7 Å². The molecule has 1 aliphatic rings. The van der Waals surface area contributed by atoms with Crippen LogP contribution in [-0.2, 0) is 6.54 Å². The minimum absolute atomic E-state index is 0.221. The van der Waals surface area contributed by atoms with Crippen molar-refractivity contribution in [2.24, 2.45) is 5.92 Å². The Bertz CT molecular complexity index is 348. The first kappa shape index (κ1) is 8.56. The summed E-state index contributed by atoms with van der Waals surface area (Å²) in [5, 5.41) is 4.22. The average Bonchev–Trinajstić information content (AvgIpc) is 2.39. The number of hydrogen-bond donors (Lipinski definition) is 0. The second-order valence-corrected chi connectivity index (χ2v) is 3.58. The third-order valence-electron chi connectivity index (χ3n) is 2.00. The van der Waals surface area contributed by atoms with E-state index in [1.165, 1.54) is 0 Å². The van der Waals surface area contributed by atoms with E-state index in [-0.39, 0.29) is 5.15 Å². The van der Waals surface area contributed by atoms with E-state index in [9.17, 15) is 4.79 Å². The van der Waals surface area contributed by atoms with Crippen LogP contribution in [0.4, 0.5) is 0 Å². The number of carbonyl (C=O) groups is 1. The van der Waals surface area contributed by atoms with Gasteiger partial charge in [0.1, 0.15) is 5.56 Å². The number of nitrogens with zero attached hydrogens (tertiary/aromatic N) is 2. The van der Waals surface area contributed by atoms with Gasteiger partial charge in [0.25, 0.3) is 0 Å². The lowest BCUT2D eigenvalue weighted by molar-refractivity contribution is 0.111. The number of fused-ring (bicyclic) bond motifs is 1. The predicted molar refractivity (Wildman–Crippen MR) is 47.3 cm³/mol. The quantitative estimate of drug-likeness (QED) is 0.644. The Balaban J connectivity index is 2.46. The monoisotopic (exact) mass is 200 g/mol. The Hall–Kier alpha value is -1.03. The van der Waals surface area contributed by atoms with Crippen molar-refractivity contribution < 1.29 is 9.53 Å². The number of ether oxygens (including phenoxy) is 1. The molecule has 2 heterocycles. The Morgan fingerprint density at radius 3 is 3.23 bits per heavy atom. The van der Waals surface area contributed by atoms with Crippen molar-refractivity contribution in [1.82, 2.24) is 9.78 Å². The summed E-state index contributed by atoms with van der Waals surface area (Å²) in [4.78, 5) is 10.6. The molecule has 0 saturated carbocycles. The normalized spacial score (nSPS) is 20.6. The molecule has 13 heavy (non-hydrogen) atoms. The highest BCUT2D eigenvalue weighted by Crippen LogP contribution is 2.28. The molecule has 1 aromatic rings. The van der Waals surface area contributed by atoms with Gasteiger partial charge in [-0.05, 0) is 0 Å². The van der Waals surface area contributed by atoms with Gasteiger partial charge in [0.2, 0.25) is 5.88 Å². The predicted octanol–water partition coefficient (Wildman–Crippen LogP) is 1.38. The summed E-state index contributed by atoms with van der Waals surface area (Å²) in [6, 6.07) is 0. The van der Waals surface area contributed by atoms with E-state index in [4.69, 9.17) is 16.3 Å². The topological polar surface area (TPSA) is 44.1 Å². The van der Waals surface area contributed by atoms with Crippen molar-refractivity contribution in [3.63, 3.8) is 0 Å². The number of aromatic nitrogens is 2. The van der Waals surface area contributed by atoms with Crippen molar-refractivity contribution in [2.75, 3.05) is 6.61 Å². The highest BCUT2D eigenvalue weighted by molar-refractivity contribution is 6.32. The lowest BCUT2D eigenvalue weighted by Crippen LogP contribution is -2.23. The van der Waals surface area contributed by atoms with E-state index in [1.54, 1.807) is 4.68 Å². The van der Waals surface area contributed by atoms with Gasteiger partial charge < -0.3 is 4.74 Å². The Morgan fingerprint density at radius 2 is 2.54 bits per heavy atom. The van der Waals surface area contributed by atoms with E-state index in [1.807, 2.05) is 0 Å². The zero-order valence-corrected chi connectivity index (χ0v) is 7.91. The number of rotatable bonds is 1. The molecule has 1 atom stereocenters. The highest BCUT2D eigenvalue weighted by atomic mass is 35.5. The van der Waals surface area contributed by atoms with Crippen molar-refractivity contribution in [3.8, 4) is 5.88 Å². The molecule has 0 aromatic carbocycles. The smallest absolute Gasteiger partial charge is 0.224 e. The molecule has 0 aliphatic carbocycles. The van der Waals surface area contributed by atoms with Crippen molar-refractivity contribution in [2.45, 2.75) is 13.5 Å². The molecule has 2 rings (SSSR count). The standard InChI is InChI=1S/C8H9ClN2O2/c1-5-2-11-8(13-4-5)6(3-12)7(9)10-11/h3,5H,2,4H2,1H3. The molecule has 4 nitrogen and oxygen atoms in total. The number of halogens is 1. The van der Waals surface area contributed by atoms with Crippen LogP contribution in [0.1, 0.15) is 17.3 Å². The highest BCUT2D eigenvalue weighted by Gasteiger charge is 2.23. The van der Waals surface area contributed by atoms with Crippen LogP contribution in [0.5, 0.6) is 5.88 Å². The van der Waals surface area contributed by atoms with Gasteiger partial charge >= 0.3 is 0 Å². The van der Waals surface area contributed by atoms with Gasteiger partial charge in [0, 0.05) is 5.92 Å². The fraction of sp³-hybridized carbons (Fsp3) is 0.500. The lowest BCUT2D eigenvalue weighted by atomic mass is 10.2. The molecule has 0 spiro atoms. The van der Waals surface area contributed by atoms with Gasteiger partial charge in [-0.2, -0.15) is 5.10 Å². The third kappa shape index (κ3) is 1.31. The number of hydrogen-bond acceptors (Lipinski definition) is 3. The van der Waals surface area contributed by atoms with Crippen molar-refractivity contribution in [1.29, 1.82) is 0 Å². The maximum absolute atomic E-state index is 10.6. The molecular weight excluding hydrogens is 192 g/mol. The summed E-state index contributed by atoms with van der Waals surface area (Å²) in [5.41, 5.74) is 0.355. The van der Waals surface area contributed by atoms with Crippen LogP contribution in [0, 0.1) is 5.92 Å². The average molecular weight is 201 g/mol. The summed E-state index contributed by atoms with van der Waals surface area (Å²) >= 11 is 5.74. The summed E-state index contributed by atoms with van der Waals surface area (Å²) in [7, 11) is 0. The van der Waals surface area contributed by atoms with E-state index < -0.39 is 0 Å². The number of carbonyl (C=O) groups excluding carboxylic acids is 1. The zero-order valence-electron chi connectivity index (χ0n) is 7.16. The SMILES string of the molecule is CC1COc2c(C=O)c(Cl)nn2C1. The lowest BCUT2D eigenvalue weighted by Gasteiger charge is -2.20. The van der Waals surface area contributed by atoms with Crippen LogP contribution in [0.3, 0.4) is 0 Å². The van der Waals surface area contributed by atoms with E-state index in [0.29, 0.717) is 30.3 Å². The molecular formula is C8H9ClN2O2. The van der Waals surface area contributed by atoms with Crippen LogP contribution >= 0.6 is 11.6 Å². The number of aldehydes is 1. The fourth-order valence-electron chi connectivity index (χ4n) is 1.38. The maximum atomic E-state index is 10.6. The van der Waals surface area contributed by atoms with Crippen LogP contribution in [0.2, 0.25) is 5.15 Å². The van der Waals surface area contributed by atoms with Gasteiger partial charge in [-0.15, -0.1) is 0 Å². The van der Waals surface area contributed by atoms with Crippen molar-refractivity contribution >= 4 is 17.9 Å². The van der Waals surface area contributed by atoms with E-state index >= 15 is 0 Å². The first-order valence-electron chi connectivity index (χ1n) is 4.06. The first-order valence-corrected chi connectivity index (χ1v) is 4.44. The van der Waals surface area contributed by atoms with Gasteiger partial charge in [0.15, 0.2) is 11.4 Å². The second-order valence-electron chi connectivity index (χ2n) is 3.23. The summed E-state index contributed by atoms with van der Waals surface area (Å²) in [6.45, 7) is 3.42. The molecule has 0 bridgehead atoms. The summed E-state index contributed by atoms with van der Waals surface area (Å²) in [6.07, 6.45) is 0.678. The van der Waals surface area contributed by atoms with Crippen molar-refractivity contribution in [3.05, 3.63) is 10.7 Å². The first-order chi connectivity index (χ1) is 6.22. The van der Waals surface area contributed by atoms with Gasteiger partial charge in [-0.25, -0.2) is 4.68 Å². The largest absolute Gasteiger partial charge is 0.477 e. The van der Waals surface area contributed by atoms with Gasteiger partial charge in [0.05, 0.1) is 13.2 Å². The van der Waals surface area contributed by atoms with Gasteiger partial charge in [-0.3, -0.25) is 4.79 Å². The minimum Gasteiger partial charge on any atom is -0.477 e. The minimum atomic E-state index is 0.221. The van der Waals surface area contributed by atoms with E-state index in [0.717, 1.165) is 6.54 Å². The third-order valence-corrected chi connectivity index (χ3v) is 2.28. The Morgan fingerprint density at radius 1 is 1.77 bits per heavy atom. The molecule has 1 aromatic heterocycles. The molecule has 5 heteroatoms. The maximum Gasteiger partial charge on any atom is 0.224 e. The molecule has 1 unspecified atom stereocenters. The molecule has 0 amide bonds. The summed E-state index contributed by atoms with van der Waals surface area (Å²) in [5.74, 6) is 0.904. The molecule has 0 N–H and O–H groups in total. The van der Waals surface area contributed by atoms with Crippen LogP contribution < -0.4 is 4.74 Å². The van der Waals surface area contributed by atoms with Gasteiger partial charge in [-0.1, -0.05) is 18.5 Å². The molecule has 1 aliphatic heterocycles. The molecule has 0 saturated heterocycles. The fourth-order valence-corrected chi connectivity index (χ4v) is 1.59. The Labute approximate surface area is 80.4 Å². The second kappa shape index (κ2) is 3.03. The van der Waals surface area contributed by atoms with E-state index in [2.05, 4.69) is 12.0 Å². The van der Waals surface area contributed by atoms with Crippen LogP contribution in [0.25, 0.3) is 0 Å². The van der Waals surface area contributed by atoms with Crippen LogP contribution in [0.15, 0.2) is 0 Å². The zero-order chi connectivity index (χ0) is 9.42. The molecule has 0 fully saturated rings. The Kier molecular flexibility index (Phi) is 2.00.